The van der Waals surface area contributed by atoms with E-state index in [0.29, 0.717) is 16.9 Å². The highest BCUT2D eigenvalue weighted by molar-refractivity contribution is 6.30. The molecule has 1 saturated heterocycles. The molecule has 0 spiro atoms. The first-order valence-electron chi connectivity index (χ1n) is 9.02. The molecule has 1 fully saturated rings. The smallest absolute Gasteiger partial charge is 0.243 e. The summed E-state index contributed by atoms with van der Waals surface area (Å²) in [7, 11) is 0. The normalized spacial score (nSPS) is 16.3. The fourth-order valence-corrected chi connectivity index (χ4v) is 3.48. The highest BCUT2D eigenvalue weighted by atomic mass is 35.5. The van der Waals surface area contributed by atoms with Crippen molar-refractivity contribution in [2.75, 3.05) is 31.5 Å². The average Bonchev–Trinajstić information content (AvgIpc) is 2.61. The predicted molar refractivity (Wildman–Crippen MR) is 103 cm³/mol. The van der Waals surface area contributed by atoms with Crippen LogP contribution in [0, 0.1) is 11.8 Å². The number of rotatable bonds is 6. The molecular formula is C19H26ClN5. The van der Waals surface area contributed by atoms with Crippen LogP contribution < -0.4 is 5.32 Å². The Morgan fingerprint density at radius 3 is 2.80 bits per heavy atom. The molecule has 2 heterocycles. The van der Waals surface area contributed by atoms with E-state index in [2.05, 4.69) is 39.2 Å². The molecule has 1 aromatic heterocycles. The molecule has 0 bridgehead atoms. The fourth-order valence-electron chi connectivity index (χ4n) is 3.29. The van der Waals surface area contributed by atoms with E-state index >= 15 is 0 Å². The molecule has 1 aliphatic heterocycles. The average molecular weight is 360 g/mol. The number of hydrogen-bond acceptors (Lipinski definition) is 5. The molecule has 0 unspecified atom stereocenters. The van der Waals surface area contributed by atoms with Gasteiger partial charge in [-0.1, -0.05) is 37.6 Å². The van der Waals surface area contributed by atoms with Gasteiger partial charge >= 0.3 is 0 Å². The van der Waals surface area contributed by atoms with Gasteiger partial charge in [0.15, 0.2) is 0 Å². The first-order chi connectivity index (χ1) is 12.1. The van der Waals surface area contributed by atoms with Gasteiger partial charge in [0.05, 0.1) is 11.9 Å². The van der Waals surface area contributed by atoms with Crippen LogP contribution in [-0.4, -0.2) is 46.3 Å². The lowest BCUT2D eigenvalue weighted by molar-refractivity contribution is 0.172. The van der Waals surface area contributed by atoms with E-state index in [4.69, 9.17) is 11.6 Å². The number of aromatic nitrogens is 3. The molecule has 3 rings (SSSR count). The zero-order valence-electron chi connectivity index (χ0n) is 15.0. The van der Waals surface area contributed by atoms with Gasteiger partial charge in [0.25, 0.3) is 0 Å². The van der Waals surface area contributed by atoms with Crippen molar-refractivity contribution in [3.8, 4) is 11.3 Å². The highest BCUT2D eigenvalue weighted by Gasteiger charge is 2.19. The molecule has 0 aliphatic carbocycles. The molecule has 0 amide bonds. The van der Waals surface area contributed by atoms with Crippen molar-refractivity contribution in [2.45, 2.75) is 26.7 Å². The molecule has 25 heavy (non-hydrogen) atoms. The van der Waals surface area contributed by atoms with E-state index in [0.717, 1.165) is 23.7 Å². The van der Waals surface area contributed by atoms with Crippen LogP contribution in [0.2, 0.25) is 5.02 Å². The summed E-state index contributed by atoms with van der Waals surface area (Å²) in [6.07, 6.45) is 4.11. The lowest BCUT2D eigenvalue weighted by Gasteiger charge is -2.32. The number of nitrogens with one attached hydrogen (secondary N) is 1. The van der Waals surface area contributed by atoms with Crippen LogP contribution in [0.15, 0.2) is 30.5 Å². The third-order valence-corrected chi connectivity index (χ3v) is 4.79. The Kier molecular flexibility index (Phi) is 6.21. The van der Waals surface area contributed by atoms with E-state index in [9.17, 15) is 0 Å². The van der Waals surface area contributed by atoms with Crippen LogP contribution in [0.25, 0.3) is 11.3 Å². The minimum absolute atomic E-state index is 0.585. The second-order valence-corrected chi connectivity index (χ2v) is 7.63. The summed E-state index contributed by atoms with van der Waals surface area (Å²) in [5.41, 5.74) is 1.74. The molecule has 134 valence electrons. The van der Waals surface area contributed by atoms with E-state index in [1.54, 1.807) is 6.20 Å². The zero-order valence-corrected chi connectivity index (χ0v) is 15.7. The Morgan fingerprint density at radius 1 is 1.28 bits per heavy atom. The molecule has 0 radical (unpaired) electrons. The summed E-state index contributed by atoms with van der Waals surface area (Å²) in [4.78, 5) is 7.14. The Balaban J connectivity index is 1.53. The summed E-state index contributed by atoms with van der Waals surface area (Å²) in [6, 6.07) is 7.63. The third-order valence-electron chi connectivity index (χ3n) is 4.56. The Morgan fingerprint density at radius 2 is 2.08 bits per heavy atom. The number of piperidine rings is 1. The first kappa shape index (κ1) is 18.1. The lowest BCUT2D eigenvalue weighted by atomic mass is 9.96. The number of hydrogen-bond donors (Lipinski definition) is 1. The van der Waals surface area contributed by atoms with Gasteiger partial charge in [0, 0.05) is 23.7 Å². The molecule has 6 heteroatoms. The molecule has 1 aliphatic rings. The van der Waals surface area contributed by atoms with Crippen molar-refractivity contribution in [2.24, 2.45) is 11.8 Å². The van der Waals surface area contributed by atoms with Crippen LogP contribution in [-0.2, 0) is 0 Å². The van der Waals surface area contributed by atoms with Crippen molar-refractivity contribution in [3.63, 3.8) is 0 Å². The summed E-state index contributed by atoms with van der Waals surface area (Å²) >= 11 is 6.06. The standard InChI is InChI=1S/C19H26ClN5/c1-14(2)13-25-8-6-15(7-9-25)11-21-19-23-18(12-22-24-19)16-4-3-5-17(20)10-16/h3-5,10,12,14-15H,6-9,11,13H2,1-2H3,(H,21,23,24). The molecule has 5 nitrogen and oxygen atoms in total. The number of halogens is 1. The molecule has 2 aromatic rings. The number of benzene rings is 1. The zero-order chi connectivity index (χ0) is 17.6. The van der Waals surface area contributed by atoms with E-state index in [1.807, 2.05) is 24.3 Å². The van der Waals surface area contributed by atoms with Crippen LogP contribution in [0.3, 0.4) is 0 Å². The van der Waals surface area contributed by atoms with Crippen molar-refractivity contribution in [3.05, 3.63) is 35.5 Å². The van der Waals surface area contributed by atoms with E-state index in [1.165, 1.54) is 32.5 Å². The van der Waals surface area contributed by atoms with E-state index in [-0.39, 0.29) is 0 Å². The van der Waals surface area contributed by atoms with Crippen LogP contribution in [0.5, 0.6) is 0 Å². The van der Waals surface area contributed by atoms with Crippen LogP contribution in [0.1, 0.15) is 26.7 Å². The maximum absolute atomic E-state index is 6.06. The monoisotopic (exact) mass is 359 g/mol. The topological polar surface area (TPSA) is 53.9 Å². The highest BCUT2D eigenvalue weighted by Crippen LogP contribution is 2.21. The largest absolute Gasteiger partial charge is 0.353 e. The SMILES string of the molecule is CC(C)CN1CCC(CNc2nncc(-c3cccc(Cl)c3)n2)CC1. The molecule has 0 atom stereocenters. The Bertz CT molecular complexity index is 683. The summed E-state index contributed by atoms with van der Waals surface area (Å²) in [6.45, 7) is 9.04. The minimum Gasteiger partial charge on any atom is -0.353 e. The Hall–Kier alpha value is -1.72. The van der Waals surface area contributed by atoms with Gasteiger partial charge < -0.3 is 10.2 Å². The summed E-state index contributed by atoms with van der Waals surface area (Å²) in [5, 5.41) is 12.2. The third kappa shape index (κ3) is 5.38. The van der Waals surface area contributed by atoms with Gasteiger partial charge in [0.1, 0.15) is 0 Å². The molecule has 1 N–H and O–H groups in total. The molecular weight excluding hydrogens is 334 g/mol. The van der Waals surface area contributed by atoms with Gasteiger partial charge in [-0.2, -0.15) is 5.10 Å². The summed E-state index contributed by atoms with van der Waals surface area (Å²) < 4.78 is 0. The van der Waals surface area contributed by atoms with Crippen molar-refractivity contribution < 1.29 is 0 Å². The van der Waals surface area contributed by atoms with Crippen LogP contribution >= 0.6 is 11.6 Å². The van der Waals surface area contributed by atoms with Gasteiger partial charge in [0.2, 0.25) is 5.95 Å². The van der Waals surface area contributed by atoms with Gasteiger partial charge in [-0.15, -0.1) is 5.10 Å². The van der Waals surface area contributed by atoms with Gasteiger partial charge in [-0.3, -0.25) is 0 Å². The summed E-state index contributed by atoms with van der Waals surface area (Å²) in [5.74, 6) is 1.99. The number of nitrogens with zero attached hydrogens (tertiary/aromatic N) is 4. The predicted octanol–water partition coefficient (Wildman–Crippen LogP) is 3.97. The second-order valence-electron chi connectivity index (χ2n) is 7.19. The fraction of sp³-hybridized carbons (Fsp3) is 0.526. The first-order valence-corrected chi connectivity index (χ1v) is 9.40. The van der Waals surface area contributed by atoms with Crippen LogP contribution in [0.4, 0.5) is 5.95 Å². The maximum Gasteiger partial charge on any atom is 0.243 e. The van der Waals surface area contributed by atoms with Gasteiger partial charge in [-0.25, -0.2) is 4.98 Å². The van der Waals surface area contributed by atoms with E-state index < -0.39 is 0 Å². The molecule has 1 aromatic carbocycles. The van der Waals surface area contributed by atoms with Crippen molar-refractivity contribution in [1.82, 2.24) is 20.1 Å². The Labute approximate surface area is 154 Å². The maximum atomic E-state index is 6.06. The molecule has 0 saturated carbocycles. The number of anilines is 1. The quantitative estimate of drug-likeness (QED) is 0.845. The minimum atomic E-state index is 0.585. The lowest BCUT2D eigenvalue weighted by Crippen LogP contribution is -2.37. The second kappa shape index (κ2) is 8.59. The van der Waals surface area contributed by atoms with Crippen molar-refractivity contribution in [1.29, 1.82) is 0 Å². The number of likely N-dealkylation sites (tertiary alicyclic amines) is 1. The van der Waals surface area contributed by atoms with Crippen molar-refractivity contribution >= 4 is 17.5 Å². The van der Waals surface area contributed by atoms with Gasteiger partial charge in [-0.05, 0) is 49.9 Å².